The molecule has 26 heavy (non-hydrogen) atoms. The van der Waals surface area contributed by atoms with Gasteiger partial charge in [0, 0.05) is 10.8 Å². The van der Waals surface area contributed by atoms with Gasteiger partial charge in [-0.3, -0.25) is 10.5 Å². The number of hydrogen-bond donors (Lipinski definition) is 3. The van der Waals surface area contributed by atoms with E-state index in [4.69, 9.17) is 5.73 Å². The number of rotatable bonds is 3. The second-order valence-corrected chi connectivity index (χ2v) is 7.21. The van der Waals surface area contributed by atoms with Gasteiger partial charge in [-0.15, -0.1) is 0 Å². The normalized spacial score (nSPS) is 26.0. The summed E-state index contributed by atoms with van der Waals surface area (Å²) in [6, 6.07) is 5.29. The predicted octanol–water partition coefficient (Wildman–Crippen LogP) is 2.50. The third kappa shape index (κ3) is 3.55. The number of fused-ring (bicyclic) bond motifs is 1. The average molecular weight is 383 g/mol. The van der Waals surface area contributed by atoms with E-state index < -0.39 is 34.8 Å². The minimum absolute atomic E-state index is 0.0623. The van der Waals surface area contributed by atoms with E-state index >= 15 is 0 Å². The van der Waals surface area contributed by atoms with Gasteiger partial charge in [0.2, 0.25) is 5.12 Å². The Labute approximate surface area is 151 Å². The molecule has 5 nitrogen and oxygen atoms in total. The molecule has 138 valence electrons. The monoisotopic (exact) mass is 383 g/mol. The molecule has 0 bridgehead atoms. The Morgan fingerprint density at radius 2 is 2.12 bits per heavy atom. The summed E-state index contributed by atoms with van der Waals surface area (Å²) in [5.74, 6) is -1.46. The van der Waals surface area contributed by atoms with Crippen LogP contribution < -0.4 is 11.1 Å². The molecule has 1 heterocycles. The number of carbonyl (C=O) groups excluding carboxylic acids is 1. The smallest absolute Gasteiger partial charge is 0.384 e. The number of benzene rings is 1. The number of halogens is 3. The van der Waals surface area contributed by atoms with E-state index in [9.17, 15) is 23.1 Å². The SMILES string of the molecule is CC(O)C(=O)NC1(N)N=C2C(=CC=CC2c2ccccc2C(F)(F)F)S1. The molecule has 9 heteroatoms. The van der Waals surface area contributed by atoms with Crippen LogP contribution in [0.15, 0.2) is 52.4 Å². The Bertz CT molecular complexity index is 833. The quantitative estimate of drug-likeness (QED) is 0.700. The average Bonchev–Trinajstić information content (AvgIpc) is 2.89. The van der Waals surface area contributed by atoms with Gasteiger partial charge in [-0.25, -0.2) is 4.99 Å². The Morgan fingerprint density at radius 3 is 2.77 bits per heavy atom. The maximum Gasteiger partial charge on any atom is 0.416 e. The Hall–Kier alpha value is -2.10. The molecule has 1 aliphatic heterocycles. The number of allylic oxidation sites excluding steroid dienone is 4. The molecule has 1 amide bonds. The van der Waals surface area contributed by atoms with E-state index in [-0.39, 0.29) is 5.56 Å². The largest absolute Gasteiger partial charge is 0.416 e. The van der Waals surface area contributed by atoms with Crippen LogP contribution in [0.1, 0.15) is 24.0 Å². The van der Waals surface area contributed by atoms with Crippen molar-refractivity contribution in [3.8, 4) is 0 Å². The number of nitrogens with one attached hydrogen (secondary N) is 1. The summed E-state index contributed by atoms with van der Waals surface area (Å²) in [6.45, 7) is 1.28. The fourth-order valence-corrected chi connectivity index (χ4v) is 3.83. The first kappa shape index (κ1) is 18.7. The van der Waals surface area contributed by atoms with Gasteiger partial charge in [0.05, 0.1) is 11.3 Å². The van der Waals surface area contributed by atoms with Crippen LogP contribution in [0.25, 0.3) is 0 Å². The summed E-state index contributed by atoms with van der Waals surface area (Å²) < 4.78 is 40.1. The maximum atomic E-state index is 13.4. The van der Waals surface area contributed by atoms with Crippen molar-refractivity contribution in [2.75, 3.05) is 0 Å². The van der Waals surface area contributed by atoms with Crippen LogP contribution in [0.4, 0.5) is 13.2 Å². The second-order valence-electron chi connectivity index (χ2n) is 5.94. The van der Waals surface area contributed by atoms with E-state index in [0.717, 1.165) is 17.8 Å². The number of nitrogens with two attached hydrogens (primary N) is 1. The number of hydrogen-bond acceptors (Lipinski definition) is 5. The molecular formula is C17H16F3N3O2S. The van der Waals surface area contributed by atoms with Crippen LogP contribution in [0.2, 0.25) is 0 Å². The molecule has 3 unspecified atom stereocenters. The molecule has 3 rings (SSSR count). The lowest BCUT2D eigenvalue weighted by Gasteiger charge is -2.21. The molecule has 0 fully saturated rings. The lowest BCUT2D eigenvalue weighted by atomic mass is 9.87. The second kappa shape index (κ2) is 6.57. The zero-order valence-electron chi connectivity index (χ0n) is 13.6. The molecular weight excluding hydrogens is 367 g/mol. The zero-order valence-corrected chi connectivity index (χ0v) is 14.4. The molecule has 1 aromatic carbocycles. The van der Waals surface area contributed by atoms with Crippen molar-refractivity contribution < 1.29 is 23.1 Å². The molecule has 4 N–H and O–H groups in total. The lowest BCUT2D eigenvalue weighted by Crippen LogP contribution is -2.53. The number of aliphatic hydroxyl groups excluding tert-OH is 1. The van der Waals surface area contributed by atoms with E-state index in [2.05, 4.69) is 10.3 Å². The van der Waals surface area contributed by atoms with Crippen molar-refractivity contribution in [3.63, 3.8) is 0 Å². The Balaban J connectivity index is 2.00. The summed E-state index contributed by atoms with van der Waals surface area (Å²) in [7, 11) is 0. The third-order valence-corrected chi connectivity index (χ3v) is 5.00. The Kier molecular flexibility index (Phi) is 4.72. The minimum atomic E-state index is -4.50. The molecule has 0 saturated carbocycles. The summed E-state index contributed by atoms with van der Waals surface area (Å²) >= 11 is 1.01. The number of alkyl halides is 3. The summed E-state index contributed by atoms with van der Waals surface area (Å²) in [5.41, 5.74) is 5.73. The van der Waals surface area contributed by atoms with Crippen molar-refractivity contribution >= 4 is 23.4 Å². The van der Waals surface area contributed by atoms with E-state index in [1.165, 1.54) is 25.1 Å². The Morgan fingerprint density at radius 1 is 1.42 bits per heavy atom. The topological polar surface area (TPSA) is 87.7 Å². The molecule has 1 aromatic rings. The van der Waals surface area contributed by atoms with Gasteiger partial charge in [0.15, 0.2) is 0 Å². The first-order valence-corrected chi connectivity index (χ1v) is 8.55. The summed E-state index contributed by atoms with van der Waals surface area (Å²) in [6.07, 6.45) is -0.859. The van der Waals surface area contributed by atoms with Gasteiger partial charge in [-0.1, -0.05) is 42.1 Å². The van der Waals surface area contributed by atoms with Gasteiger partial charge in [0.25, 0.3) is 5.91 Å². The number of nitrogens with zero attached hydrogens (tertiary/aromatic N) is 1. The van der Waals surface area contributed by atoms with Crippen LogP contribution in [0.5, 0.6) is 0 Å². The molecule has 0 spiro atoms. The van der Waals surface area contributed by atoms with Crippen molar-refractivity contribution in [2.24, 2.45) is 10.7 Å². The summed E-state index contributed by atoms with van der Waals surface area (Å²) in [4.78, 5) is 16.6. The minimum Gasteiger partial charge on any atom is -0.384 e. The lowest BCUT2D eigenvalue weighted by molar-refractivity contribution is -0.138. The molecule has 0 radical (unpaired) electrons. The number of aliphatic imine (C=N–C) groups is 1. The fraction of sp³-hybridized carbons (Fsp3) is 0.294. The number of aliphatic hydroxyl groups is 1. The number of carbonyl (C=O) groups is 1. The molecule has 0 aromatic heterocycles. The maximum absolute atomic E-state index is 13.4. The van der Waals surface area contributed by atoms with E-state index in [0.29, 0.717) is 10.6 Å². The van der Waals surface area contributed by atoms with Crippen molar-refractivity contribution in [1.82, 2.24) is 5.32 Å². The molecule has 0 saturated heterocycles. The number of thioether (sulfide) groups is 1. The highest BCUT2D eigenvalue weighted by atomic mass is 32.2. The highest BCUT2D eigenvalue weighted by molar-refractivity contribution is 8.05. The molecule has 1 aliphatic carbocycles. The van der Waals surface area contributed by atoms with Crippen molar-refractivity contribution in [1.29, 1.82) is 0 Å². The standard InChI is InChI=1S/C17H16F3N3O2S/c1-9(24)15(25)23-17(21)22-14-11(6-4-8-13(14)26-17)10-5-2-3-7-12(10)16(18,19)20/h2-9,11,24H,21H2,1H3,(H,23,25). The highest BCUT2D eigenvalue weighted by Gasteiger charge is 2.42. The van der Waals surface area contributed by atoms with Gasteiger partial charge < -0.3 is 10.4 Å². The predicted molar refractivity (Wildman–Crippen MR) is 93.2 cm³/mol. The highest BCUT2D eigenvalue weighted by Crippen LogP contribution is 2.45. The van der Waals surface area contributed by atoms with E-state index in [1.54, 1.807) is 18.2 Å². The first-order chi connectivity index (χ1) is 12.1. The van der Waals surface area contributed by atoms with Crippen LogP contribution in [-0.2, 0) is 11.0 Å². The van der Waals surface area contributed by atoms with Crippen LogP contribution in [0, 0.1) is 0 Å². The zero-order chi connectivity index (χ0) is 19.1. The fourth-order valence-electron chi connectivity index (χ4n) is 2.78. The van der Waals surface area contributed by atoms with Crippen molar-refractivity contribution in [2.45, 2.75) is 30.2 Å². The third-order valence-electron chi connectivity index (χ3n) is 3.93. The van der Waals surface area contributed by atoms with Crippen molar-refractivity contribution in [3.05, 3.63) is 58.5 Å². The van der Waals surface area contributed by atoms with Gasteiger partial charge in [-0.05, 0) is 24.6 Å². The van der Waals surface area contributed by atoms with Crippen LogP contribution in [-0.4, -0.2) is 27.9 Å². The van der Waals surface area contributed by atoms with Crippen LogP contribution in [0.3, 0.4) is 0 Å². The van der Waals surface area contributed by atoms with Gasteiger partial charge >= 0.3 is 6.18 Å². The van der Waals surface area contributed by atoms with Gasteiger partial charge in [0.1, 0.15) is 6.10 Å². The first-order valence-electron chi connectivity index (χ1n) is 7.73. The van der Waals surface area contributed by atoms with E-state index in [1.807, 2.05) is 0 Å². The molecule has 2 aliphatic rings. The number of amides is 1. The van der Waals surface area contributed by atoms with Crippen LogP contribution >= 0.6 is 11.8 Å². The summed E-state index contributed by atoms with van der Waals surface area (Å²) in [5, 5.41) is 10.2. The molecule has 3 atom stereocenters. The van der Waals surface area contributed by atoms with Gasteiger partial charge in [-0.2, -0.15) is 13.2 Å².